The lowest BCUT2D eigenvalue weighted by molar-refractivity contribution is -0.153. The zero-order chi connectivity index (χ0) is 17.5. The third kappa shape index (κ3) is 6.77. The van der Waals surface area contributed by atoms with Crippen molar-refractivity contribution in [2.45, 2.75) is 19.6 Å². The first kappa shape index (κ1) is 19.1. The van der Waals surface area contributed by atoms with Crippen LogP contribution in [0.4, 0.5) is 13.2 Å². The van der Waals surface area contributed by atoms with Gasteiger partial charge in [-0.25, -0.2) is 0 Å². The van der Waals surface area contributed by atoms with Crippen LogP contribution in [0.25, 0.3) is 0 Å². The Bertz CT molecular complexity index is 521. The number of carbonyl (C=O) groups excluding carboxylic acids is 1. The minimum absolute atomic E-state index is 0.00320. The summed E-state index contributed by atoms with van der Waals surface area (Å²) in [6, 6.07) is 4.51. The number of amides is 1. The van der Waals surface area contributed by atoms with Gasteiger partial charge in [-0.1, -0.05) is 13.0 Å². The van der Waals surface area contributed by atoms with Crippen LogP contribution in [0.5, 0.6) is 11.5 Å². The first-order chi connectivity index (χ1) is 10.8. The van der Waals surface area contributed by atoms with Crippen molar-refractivity contribution in [1.82, 2.24) is 10.6 Å². The van der Waals surface area contributed by atoms with Crippen LogP contribution in [-0.2, 0) is 11.3 Å². The first-order valence-corrected chi connectivity index (χ1v) is 7.05. The predicted octanol–water partition coefficient (Wildman–Crippen LogP) is 2.11. The number of halogens is 3. The molecule has 0 aliphatic heterocycles. The molecule has 8 heteroatoms. The van der Waals surface area contributed by atoms with Gasteiger partial charge in [-0.05, 0) is 24.7 Å². The standard InChI is InChI=1S/C15H21F3N2O3/c1-10(7-19-2)14(21)20-8-11-4-5-12(13(6-11)22-3)23-9-15(16,17)18/h4-6,10,19H,7-9H2,1-3H3,(H,20,21). The fraction of sp³-hybridized carbons (Fsp3) is 0.533. The highest BCUT2D eigenvalue weighted by molar-refractivity contribution is 5.78. The maximum atomic E-state index is 12.2. The molecule has 0 radical (unpaired) electrons. The highest BCUT2D eigenvalue weighted by atomic mass is 19.4. The molecular formula is C15H21F3N2O3. The lowest BCUT2D eigenvalue weighted by Crippen LogP contribution is -2.33. The average Bonchev–Trinajstić information content (AvgIpc) is 2.50. The van der Waals surface area contributed by atoms with E-state index in [1.807, 2.05) is 0 Å². The smallest absolute Gasteiger partial charge is 0.422 e. The number of nitrogens with one attached hydrogen (secondary N) is 2. The Balaban J connectivity index is 2.66. The van der Waals surface area contributed by atoms with E-state index >= 15 is 0 Å². The van der Waals surface area contributed by atoms with Gasteiger partial charge in [-0.3, -0.25) is 4.79 Å². The summed E-state index contributed by atoms with van der Waals surface area (Å²) < 4.78 is 46.3. The number of alkyl halides is 3. The second-order valence-electron chi connectivity index (χ2n) is 5.07. The molecule has 2 N–H and O–H groups in total. The van der Waals surface area contributed by atoms with Crippen molar-refractivity contribution >= 4 is 5.91 Å². The van der Waals surface area contributed by atoms with E-state index in [2.05, 4.69) is 10.6 Å². The van der Waals surface area contributed by atoms with Crippen LogP contribution in [0.3, 0.4) is 0 Å². The molecule has 130 valence electrons. The Labute approximate surface area is 133 Å². The van der Waals surface area contributed by atoms with E-state index in [0.29, 0.717) is 12.1 Å². The van der Waals surface area contributed by atoms with Gasteiger partial charge in [-0.2, -0.15) is 13.2 Å². The highest BCUT2D eigenvalue weighted by Gasteiger charge is 2.29. The van der Waals surface area contributed by atoms with Gasteiger partial charge in [0.2, 0.25) is 5.91 Å². The molecule has 0 aliphatic carbocycles. The van der Waals surface area contributed by atoms with Gasteiger partial charge in [0.05, 0.1) is 7.11 Å². The Hall–Kier alpha value is -1.96. The van der Waals surface area contributed by atoms with Crippen LogP contribution in [0.15, 0.2) is 18.2 Å². The molecule has 5 nitrogen and oxygen atoms in total. The van der Waals surface area contributed by atoms with Crippen LogP contribution < -0.4 is 20.1 Å². The van der Waals surface area contributed by atoms with Crippen LogP contribution >= 0.6 is 0 Å². The fourth-order valence-electron chi connectivity index (χ4n) is 1.86. The molecule has 1 amide bonds. The zero-order valence-corrected chi connectivity index (χ0v) is 13.3. The number of hydrogen-bond donors (Lipinski definition) is 2. The minimum atomic E-state index is -4.42. The Morgan fingerprint density at radius 2 is 2.00 bits per heavy atom. The fourth-order valence-corrected chi connectivity index (χ4v) is 1.86. The van der Waals surface area contributed by atoms with Crippen molar-refractivity contribution in [3.8, 4) is 11.5 Å². The van der Waals surface area contributed by atoms with E-state index in [1.165, 1.54) is 19.2 Å². The van der Waals surface area contributed by atoms with Gasteiger partial charge in [0, 0.05) is 19.0 Å². The van der Waals surface area contributed by atoms with Crippen molar-refractivity contribution in [2.75, 3.05) is 27.3 Å². The van der Waals surface area contributed by atoms with E-state index < -0.39 is 12.8 Å². The minimum Gasteiger partial charge on any atom is -0.493 e. The van der Waals surface area contributed by atoms with Crippen molar-refractivity contribution in [1.29, 1.82) is 0 Å². The summed E-state index contributed by atoms with van der Waals surface area (Å²) in [5.41, 5.74) is 0.700. The monoisotopic (exact) mass is 334 g/mol. The summed E-state index contributed by atoms with van der Waals surface area (Å²) in [6.07, 6.45) is -4.42. The van der Waals surface area contributed by atoms with E-state index in [4.69, 9.17) is 9.47 Å². The maximum absolute atomic E-state index is 12.2. The largest absolute Gasteiger partial charge is 0.493 e. The van der Waals surface area contributed by atoms with Crippen LogP contribution in [-0.4, -0.2) is 39.4 Å². The van der Waals surface area contributed by atoms with Crippen molar-refractivity contribution < 1.29 is 27.4 Å². The summed E-state index contributed by atoms with van der Waals surface area (Å²) in [5.74, 6) is -0.111. The van der Waals surface area contributed by atoms with E-state index in [1.54, 1.807) is 20.0 Å². The molecule has 0 aromatic heterocycles. The highest BCUT2D eigenvalue weighted by Crippen LogP contribution is 2.29. The quantitative estimate of drug-likeness (QED) is 0.764. The summed E-state index contributed by atoms with van der Waals surface area (Å²) in [6.45, 7) is 1.21. The lowest BCUT2D eigenvalue weighted by atomic mass is 10.1. The second kappa shape index (κ2) is 8.61. The third-order valence-corrected chi connectivity index (χ3v) is 3.04. The number of rotatable bonds is 8. The van der Waals surface area contributed by atoms with E-state index in [0.717, 1.165) is 0 Å². The number of benzene rings is 1. The maximum Gasteiger partial charge on any atom is 0.422 e. The van der Waals surface area contributed by atoms with Gasteiger partial charge in [0.25, 0.3) is 0 Å². The van der Waals surface area contributed by atoms with Crippen molar-refractivity contribution in [3.63, 3.8) is 0 Å². The first-order valence-electron chi connectivity index (χ1n) is 7.05. The molecule has 1 atom stereocenters. The molecule has 1 unspecified atom stereocenters. The normalized spacial score (nSPS) is 12.6. The number of hydrogen-bond acceptors (Lipinski definition) is 4. The van der Waals surface area contributed by atoms with E-state index in [9.17, 15) is 18.0 Å². The molecule has 0 saturated carbocycles. The Kier molecular flexibility index (Phi) is 7.15. The predicted molar refractivity (Wildman–Crippen MR) is 79.5 cm³/mol. The molecular weight excluding hydrogens is 313 g/mol. The molecule has 1 rings (SSSR count). The number of carbonyl (C=O) groups is 1. The number of methoxy groups -OCH3 is 1. The lowest BCUT2D eigenvalue weighted by Gasteiger charge is -2.15. The molecule has 23 heavy (non-hydrogen) atoms. The molecule has 0 aliphatic rings. The van der Waals surface area contributed by atoms with Gasteiger partial charge < -0.3 is 20.1 Å². The van der Waals surface area contributed by atoms with Gasteiger partial charge in [0.1, 0.15) is 0 Å². The summed E-state index contributed by atoms with van der Waals surface area (Å²) in [5, 5.41) is 5.66. The van der Waals surface area contributed by atoms with Crippen LogP contribution in [0, 0.1) is 5.92 Å². The molecule has 0 fully saturated rings. The molecule has 0 saturated heterocycles. The Morgan fingerprint density at radius 3 is 2.57 bits per heavy atom. The van der Waals surface area contributed by atoms with Crippen molar-refractivity contribution in [2.24, 2.45) is 5.92 Å². The van der Waals surface area contributed by atoms with Crippen LogP contribution in [0.2, 0.25) is 0 Å². The van der Waals surface area contributed by atoms with Crippen molar-refractivity contribution in [3.05, 3.63) is 23.8 Å². The average molecular weight is 334 g/mol. The van der Waals surface area contributed by atoms with Gasteiger partial charge in [-0.15, -0.1) is 0 Å². The molecule has 1 aromatic carbocycles. The molecule has 1 aromatic rings. The molecule has 0 bridgehead atoms. The summed E-state index contributed by atoms with van der Waals surface area (Å²) >= 11 is 0. The molecule has 0 heterocycles. The van der Waals surface area contributed by atoms with E-state index in [-0.39, 0.29) is 29.9 Å². The summed E-state index contributed by atoms with van der Waals surface area (Å²) in [4.78, 5) is 11.8. The third-order valence-electron chi connectivity index (χ3n) is 3.04. The SMILES string of the molecule is CNCC(C)C(=O)NCc1ccc(OCC(F)(F)F)c(OC)c1. The zero-order valence-electron chi connectivity index (χ0n) is 13.3. The second-order valence-corrected chi connectivity index (χ2v) is 5.07. The molecule has 0 spiro atoms. The van der Waals surface area contributed by atoms with Crippen LogP contribution in [0.1, 0.15) is 12.5 Å². The topological polar surface area (TPSA) is 59.6 Å². The Morgan fingerprint density at radius 1 is 1.30 bits per heavy atom. The van der Waals surface area contributed by atoms with Gasteiger partial charge in [0.15, 0.2) is 18.1 Å². The summed E-state index contributed by atoms with van der Waals surface area (Å²) in [7, 11) is 3.10. The number of ether oxygens (including phenoxy) is 2. The van der Waals surface area contributed by atoms with Gasteiger partial charge >= 0.3 is 6.18 Å².